The van der Waals surface area contributed by atoms with Crippen molar-refractivity contribution in [3.63, 3.8) is 0 Å². The smallest absolute Gasteiger partial charge is 0.339 e. The third-order valence-electron chi connectivity index (χ3n) is 2.56. The van der Waals surface area contributed by atoms with E-state index in [1.54, 1.807) is 30.7 Å². The molecule has 19 heavy (non-hydrogen) atoms. The summed E-state index contributed by atoms with van der Waals surface area (Å²) in [5, 5.41) is 12.2. The zero-order valence-electron chi connectivity index (χ0n) is 10.3. The summed E-state index contributed by atoms with van der Waals surface area (Å²) in [7, 11) is 0. The van der Waals surface area contributed by atoms with Crippen LogP contribution in [-0.4, -0.2) is 24.2 Å². The van der Waals surface area contributed by atoms with Crippen LogP contribution in [0.4, 0.5) is 0 Å². The molecule has 2 rings (SSSR count). The van der Waals surface area contributed by atoms with Crippen LogP contribution in [0.5, 0.6) is 5.75 Å². The molecule has 0 unspecified atom stereocenters. The van der Waals surface area contributed by atoms with Crippen molar-refractivity contribution in [3.05, 3.63) is 54.0 Å². The van der Waals surface area contributed by atoms with E-state index < -0.39 is 5.97 Å². The molecule has 5 heteroatoms. The monoisotopic (exact) mass is 261 g/mol. The number of aromatic carboxylic acids is 1. The van der Waals surface area contributed by atoms with Crippen LogP contribution in [0.2, 0.25) is 0 Å². The lowest BCUT2D eigenvalue weighted by Gasteiger charge is -2.09. The summed E-state index contributed by atoms with van der Waals surface area (Å²) in [4.78, 5) is 11.0. The third-order valence-corrected chi connectivity index (χ3v) is 2.56. The van der Waals surface area contributed by atoms with E-state index in [-0.39, 0.29) is 5.56 Å². The van der Waals surface area contributed by atoms with Gasteiger partial charge in [-0.2, -0.15) is 0 Å². The summed E-state index contributed by atoms with van der Waals surface area (Å²) >= 11 is 0. The number of hydrogen-bond donors (Lipinski definition) is 2. The van der Waals surface area contributed by atoms with Gasteiger partial charge in [-0.3, -0.25) is 0 Å². The van der Waals surface area contributed by atoms with Crippen molar-refractivity contribution < 1.29 is 19.1 Å². The van der Waals surface area contributed by atoms with Crippen LogP contribution in [0.25, 0.3) is 0 Å². The number of hydrogen-bond acceptors (Lipinski definition) is 4. The van der Waals surface area contributed by atoms with Crippen molar-refractivity contribution in [2.24, 2.45) is 0 Å². The van der Waals surface area contributed by atoms with Gasteiger partial charge in [0.25, 0.3) is 0 Å². The van der Waals surface area contributed by atoms with Crippen molar-refractivity contribution in [2.75, 3.05) is 13.2 Å². The van der Waals surface area contributed by atoms with Gasteiger partial charge in [0.05, 0.1) is 12.5 Å². The van der Waals surface area contributed by atoms with Gasteiger partial charge in [0.15, 0.2) is 0 Å². The molecule has 0 radical (unpaired) electrons. The fraction of sp³-hybridized carbons (Fsp3) is 0.214. The van der Waals surface area contributed by atoms with Crippen LogP contribution in [0.1, 0.15) is 15.9 Å². The second kappa shape index (κ2) is 6.61. The molecule has 0 aliphatic rings. The minimum absolute atomic E-state index is 0.178. The van der Waals surface area contributed by atoms with Gasteiger partial charge in [0.2, 0.25) is 0 Å². The Bertz CT molecular complexity index is 522. The third kappa shape index (κ3) is 3.86. The zero-order valence-corrected chi connectivity index (χ0v) is 10.3. The molecule has 1 aromatic heterocycles. The summed E-state index contributed by atoms with van der Waals surface area (Å²) in [6, 6.07) is 8.48. The Balaban J connectivity index is 1.75. The molecule has 2 aromatic rings. The molecule has 0 fully saturated rings. The minimum Gasteiger partial charge on any atom is -0.491 e. The van der Waals surface area contributed by atoms with E-state index in [0.29, 0.717) is 25.4 Å². The molecule has 1 aromatic carbocycles. The number of carboxylic acid groups (broad SMARTS) is 1. The molecule has 0 aliphatic heterocycles. The van der Waals surface area contributed by atoms with E-state index in [4.69, 9.17) is 14.3 Å². The standard InChI is InChI=1S/C14H15NO4/c16-14(17)12-3-1-2-4-13(12)19-8-6-15-9-11-5-7-18-10-11/h1-5,7,10,15H,6,8-9H2,(H,16,17). The average molecular weight is 261 g/mol. The van der Waals surface area contributed by atoms with Crippen molar-refractivity contribution in [1.29, 1.82) is 0 Å². The largest absolute Gasteiger partial charge is 0.491 e. The van der Waals surface area contributed by atoms with Crippen LogP contribution >= 0.6 is 0 Å². The van der Waals surface area contributed by atoms with E-state index >= 15 is 0 Å². The lowest BCUT2D eigenvalue weighted by atomic mass is 10.2. The Hall–Kier alpha value is -2.27. The van der Waals surface area contributed by atoms with Crippen molar-refractivity contribution in [1.82, 2.24) is 5.32 Å². The highest BCUT2D eigenvalue weighted by molar-refractivity contribution is 5.90. The SMILES string of the molecule is O=C(O)c1ccccc1OCCNCc1ccoc1. The minimum atomic E-state index is -0.984. The molecule has 0 atom stereocenters. The second-order valence-corrected chi connectivity index (χ2v) is 3.96. The van der Waals surface area contributed by atoms with Gasteiger partial charge in [-0.05, 0) is 18.2 Å². The summed E-state index contributed by atoms with van der Waals surface area (Å²) in [5.74, 6) is -0.595. The molecule has 100 valence electrons. The molecule has 0 saturated heterocycles. The number of ether oxygens (including phenoxy) is 1. The number of carboxylic acids is 1. The van der Waals surface area contributed by atoms with Gasteiger partial charge < -0.3 is 19.6 Å². The van der Waals surface area contributed by atoms with Gasteiger partial charge in [0.1, 0.15) is 17.9 Å². The first-order valence-corrected chi connectivity index (χ1v) is 5.94. The van der Waals surface area contributed by atoms with Crippen LogP contribution < -0.4 is 10.1 Å². The maximum absolute atomic E-state index is 11.0. The molecule has 0 amide bonds. The molecule has 0 bridgehead atoms. The van der Waals surface area contributed by atoms with Crippen LogP contribution in [0, 0.1) is 0 Å². The topological polar surface area (TPSA) is 71.7 Å². The van der Waals surface area contributed by atoms with E-state index in [1.165, 1.54) is 6.07 Å². The predicted molar refractivity (Wildman–Crippen MR) is 69.3 cm³/mol. The molecular formula is C14H15NO4. The first-order valence-electron chi connectivity index (χ1n) is 5.94. The Morgan fingerprint density at radius 1 is 1.32 bits per heavy atom. The van der Waals surface area contributed by atoms with Gasteiger partial charge in [-0.15, -0.1) is 0 Å². The highest BCUT2D eigenvalue weighted by Crippen LogP contribution is 2.17. The van der Waals surface area contributed by atoms with E-state index in [9.17, 15) is 4.79 Å². The lowest BCUT2D eigenvalue weighted by Crippen LogP contribution is -2.20. The van der Waals surface area contributed by atoms with Gasteiger partial charge in [-0.25, -0.2) is 4.79 Å². The molecule has 1 heterocycles. The normalized spacial score (nSPS) is 10.3. The number of furan rings is 1. The zero-order chi connectivity index (χ0) is 13.5. The molecular weight excluding hydrogens is 246 g/mol. The van der Waals surface area contributed by atoms with Crippen molar-refractivity contribution in [2.45, 2.75) is 6.54 Å². The molecule has 2 N–H and O–H groups in total. The quantitative estimate of drug-likeness (QED) is 0.747. The number of nitrogens with one attached hydrogen (secondary N) is 1. The highest BCUT2D eigenvalue weighted by atomic mass is 16.5. The Morgan fingerprint density at radius 3 is 2.89 bits per heavy atom. The van der Waals surface area contributed by atoms with Gasteiger partial charge >= 0.3 is 5.97 Å². The summed E-state index contributed by atoms with van der Waals surface area (Å²) < 4.78 is 10.4. The van der Waals surface area contributed by atoms with Gasteiger partial charge in [-0.1, -0.05) is 12.1 Å². The summed E-state index contributed by atoms with van der Waals surface area (Å²) in [6.45, 7) is 1.72. The maximum atomic E-state index is 11.0. The Morgan fingerprint density at radius 2 is 2.16 bits per heavy atom. The van der Waals surface area contributed by atoms with Crippen LogP contribution in [0.3, 0.4) is 0 Å². The number of rotatable bonds is 7. The second-order valence-electron chi connectivity index (χ2n) is 3.96. The number of carbonyl (C=O) groups is 1. The predicted octanol–water partition coefficient (Wildman–Crippen LogP) is 2.15. The number of benzene rings is 1. The first kappa shape index (κ1) is 13.2. The summed E-state index contributed by atoms with van der Waals surface area (Å²) in [5.41, 5.74) is 1.24. The average Bonchev–Trinajstić information content (AvgIpc) is 2.92. The van der Waals surface area contributed by atoms with Crippen LogP contribution in [-0.2, 0) is 6.54 Å². The van der Waals surface area contributed by atoms with Crippen molar-refractivity contribution >= 4 is 5.97 Å². The first-order chi connectivity index (χ1) is 9.27. The fourth-order valence-electron chi connectivity index (χ4n) is 1.63. The van der Waals surface area contributed by atoms with Crippen molar-refractivity contribution in [3.8, 4) is 5.75 Å². The van der Waals surface area contributed by atoms with E-state index in [0.717, 1.165) is 5.56 Å². The van der Waals surface area contributed by atoms with Gasteiger partial charge in [0, 0.05) is 18.7 Å². The Kier molecular flexibility index (Phi) is 4.58. The molecule has 0 saturated carbocycles. The van der Waals surface area contributed by atoms with Crippen LogP contribution in [0.15, 0.2) is 47.3 Å². The molecule has 5 nitrogen and oxygen atoms in total. The highest BCUT2D eigenvalue weighted by Gasteiger charge is 2.09. The lowest BCUT2D eigenvalue weighted by molar-refractivity contribution is 0.0692. The number of para-hydroxylation sites is 1. The maximum Gasteiger partial charge on any atom is 0.339 e. The van der Waals surface area contributed by atoms with E-state index in [1.807, 2.05) is 6.07 Å². The molecule has 0 aliphatic carbocycles. The fourth-order valence-corrected chi connectivity index (χ4v) is 1.63. The molecule has 0 spiro atoms. The van der Waals surface area contributed by atoms with E-state index in [2.05, 4.69) is 5.32 Å². The Labute approximate surface area is 110 Å². The summed E-state index contributed by atoms with van der Waals surface area (Å²) in [6.07, 6.45) is 3.30.